The van der Waals surface area contributed by atoms with E-state index < -0.39 is 6.04 Å². The fraction of sp³-hybridized carbons (Fsp3) is 0.462. The maximum atomic E-state index is 11.7. The van der Waals surface area contributed by atoms with Gasteiger partial charge in [-0.05, 0) is 17.9 Å². The smallest absolute Gasteiger partial charge is 0.154 e. The lowest BCUT2D eigenvalue weighted by atomic mass is 9.97. The molecule has 0 radical (unpaired) electrons. The third-order valence-corrected chi connectivity index (χ3v) is 2.47. The second-order valence-corrected chi connectivity index (χ2v) is 4.29. The van der Waals surface area contributed by atoms with Crippen molar-refractivity contribution < 1.29 is 4.79 Å². The summed E-state index contributed by atoms with van der Waals surface area (Å²) in [6.07, 6.45) is 1.49. The molecule has 0 aliphatic rings. The highest BCUT2D eigenvalue weighted by atomic mass is 16.1. The van der Waals surface area contributed by atoms with E-state index >= 15 is 0 Å². The van der Waals surface area contributed by atoms with Gasteiger partial charge in [0.2, 0.25) is 0 Å². The number of ketones is 1. The zero-order valence-corrected chi connectivity index (χ0v) is 9.44. The molecule has 0 spiro atoms. The topological polar surface area (TPSA) is 43.1 Å². The van der Waals surface area contributed by atoms with Crippen molar-refractivity contribution in [3.8, 4) is 0 Å². The Morgan fingerprint density at radius 3 is 2.40 bits per heavy atom. The molecule has 82 valence electrons. The van der Waals surface area contributed by atoms with Gasteiger partial charge in [-0.3, -0.25) is 4.79 Å². The first-order valence-electron chi connectivity index (χ1n) is 5.44. The number of benzene rings is 1. The Morgan fingerprint density at radius 1 is 1.27 bits per heavy atom. The van der Waals surface area contributed by atoms with E-state index in [1.54, 1.807) is 0 Å². The molecule has 0 unspecified atom stereocenters. The normalized spacial score (nSPS) is 12.8. The van der Waals surface area contributed by atoms with Crippen LogP contribution in [-0.2, 0) is 4.79 Å². The number of carbonyl (C=O) groups excluding carboxylic acids is 1. The average molecular weight is 205 g/mol. The summed E-state index contributed by atoms with van der Waals surface area (Å²) in [5.41, 5.74) is 6.78. The van der Waals surface area contributed by atoms with Crippen LogP contribution in [0.2, 0.25) is 0 Å². The van der Waals surface area contributed by atoms with E-state index in [-0.39, 0.29) is 5.78 Å². The average Bonchev–Trinajstić information content (AvgIpc) is 2.26. The minimum atomic E-state index is -0.454. The summed E-state index contributed by atoms with van der Waals surface area (Å²) in [5, 5.41) is 0. The quantitative estimate of drug-likeness (QED) is 0.803. The van der Waals surface area contributed by atoms with Crippen LogP contribution in [0.4, 0.5) is 0 Å². The highest BCUT2D eigenvalue weighted by molar-refractivity contribution is 5.85. The molecule has 1 atom stereocenters. The lowest BCUT2D eigenvalue weighted by Gasteiger charge is -2.11. The highest BCUT2D eigenvalue weighted by Crippen LogP contribution is 2.14. The maximum Gasteiger partial charge on any atom is 0.154 e. The minimum absolute atomic E-state index is 0.134. The molecule has 0 aliphatic carbocycles. The fourth-order valence-electron chi connectivity index (χ4n) is 1.43. The van der Waals surface area contributed by atoms with Crippen LogP contribution in [-0.4, -0.2) is 5.78 Å². The summed E-state index contributed by atoms with van der Waals surface area (Å²) < 4.78 is 0. The summed E-state index contributed by atoms with van der Waals surface area (Å²) in [7, 11) is 0. The van der Waals surface area contributed by atoms with Crippen LogP contribution in [0.1, 0.15) is 38.3 Å². The van der Waals surface area contributed by atoms with Gasteiger partial charge in [-0.2, -0.15) is 0 Å². The van der Waals surface area contributed by atoms with Gasteiger partial charge < -0.3 is 5.73 Å². The monoisotopic (exact) mass is 205 g/mol. The molecule has 2 heteroatoms. The van der Waals surface area contributed by atoms with Crippen LogP contribution in [0.15, 0.2) is 30.3 Å². The molecule has 15 heavy (non-hydrogen) atoms. The van der Waals surface area contributed by atoms with E-state index in [0.717, 1.165) is 12.0 Å². The molecule has 1 aromatic carbocycles. The zero-order valence-electron chi connectivity index (χ0n) is 9.44. The van der Waals surface area contributed by atoms with Crippen molar-refractivity contribution in [3.05, 3.63) is 35.9 Å². The molecular formula is C13H19NO. The van der Waals surface area contributed by atoms with Gasteiger partial charge in [-0.1, -0.05) is 44.2 Å². The minimum Gasteiger partial charge on any atom is -0.318 e. The Bertz CT molecular complexity index is 306. The third kappa shape index (κ3) is 3.84. The second-order valence-electron chi connectivity index (χ2n) is 4.29. The summed E-state index contributed by atoms with van der Waals surface area (Å²) in [6, 6.07) is 9.09. The van der Waals surface area contributed by atoms with Gasteiger partial charge >= 0.3 is 0 Å². The SMILES string of the molecule is CC(C)CCC(=O)[C@H](N)c1ccccc1. The van der Waals surface area contributed by atoms with E-state index in [4.69, 9.17) is 5.73 Å². The fourth-order valence-corrected chi connectivity index (χ4v) is 1.43. The van der Waals surface area contributed by atoms with E-state index in [2.05, 4.69) is 13.8 Å². The van der Waals surface area contributed by atoms with E-state index in [0.29, 0.717) is 12.3 Å². The van der Waals surface area contributed by atoms with E-state index in [1.165, 1.54) is 0 Å². The number of hydrogen-bond donors (Lipinski definition) is 1. The second kappa shape index (κ2) is 5.66. The summed E-state index contributed by atoms with van der Waals surface area (Å²) in [5.74, 6) is 0.687. The molecule has 1 aromatic rings. The van der Waals surface area contributed by atoms with Gasteiger partial charge in [0.1, 0.15) is 0 Å². The first-order chi connectivity index (χ1) is 7.11. The number of carbonyl (C=O) groups is 1. The summed E-state index contributed by atoms with van der Waals surface area (Å²) >= 11 is 0. The van der Waals surface area contributed by atoms with Crippen molar-refractivity contribution in [1.29, 1.82) is 0 Å². The Hall–Kier alpha value is -1.15. The molecular weight excluding hydrogens is 186 g/mol. The lowest BCUT2D eigenvalue weighted by Crippen LogP contribution is -2.21. The van der Waals surface area contributed by atoms with Gasteiger partial charge in [-0.25, -0.2) is 0 Å². The first-order valence-corrected chi connectivity index (χ1v) is 5.44. The van der Waals surface area contributed by atoms with Gasteiger partial charge in [0.25, 0.3) is 0 Å². The Balaban J connectivity index is 2.54. The number of rotatable bonds is 5. The van der Waals surface area contributed by atoms with Crippen molar-refractivity contribution in [3.63, 3.8) is 0 Å². The Labute approximate surface area is 91.5 Å². The zero-order chi connectivity index (χ0) is 11.3. The number of nitrogens with two attached hydrogens (primary N) is 1. The van der Waals surface area contributed by atoms with Gasteiger partial charge in [0, 0.05) is 6.42 Å². The molecule has 0 fully saturated rings. The summed E-state index contributed by atoms with van der Waals surface area (Å²) in [6.45, 7) is 4.22. The van der Waals surface area contributed by atoms with Gasteiger partial charge in [-0.15, -0.1) is 0 Å². The van der Waals surface area contributed by atoms with Gasteiger partial charge in [0.15, 0.2) is 5.78 Å². The molecule has 0 amide bonds. The van der Waals surface area contributed by atoms with Crippen molar-refractivity contribution >= 4 is 5.78 Å². The van der Waals surface area contributed by atoms with Crippen LogP contribution in [0.3, 0.4) is 0 Å². The molecule has 0 bridgehead atoms. The molecule has 1 rings (SSSR count). The standard InChI is InChI=1S/C13H19NO/c1-10(2)8-9-12(15)13(14)11-6-4-3-5-7-11/h3-7,10,13H,8-9,14H2,1-2H3/t13-/m1/s1. The molecule has 2 N–H and O–H groups in total. The van der Waals surface area contributed by atoms with Crippen LogP contribution in [0.25, 0.3) is 0 Å². The van der Waals surface area contributed by atoms with Crippen molar-refractivity contribution in [2.45, 2.75) is 32.7 Å². The van der Waals surface area contributed by atoms with Crippen LogP contribution in [0.5, 0.6) is 0 Å². The molecule has 0 aromatic heterocycles. The molecule has 0 heterocycles. The van der Waals surface area contributed by atoms with Crippen LogP contribution < -0.4 is 5.73 Å². The number of hydrogen-bond acceptors (Lipinski definition) is 2. The molecule has 0 saturated heterocycles. The van der Waals surface area contributed by atoms with Crippen LogP contribution in [0, 0.1) is 5.92 Å². The molecule has 2 nitrogen and oxygen atoms in total. The van der Waals surface area contributed by atoms with Gasteiger partial charge in [0.05, 0.1) is 6.04 Å². The molecule has 0 saturated carbocycles. The first kappa shape index (κ1) is 11.9. The molecule has 0 aliphatic heterocycles. The number of Topliss-reactive ketones (excluding diaryl/α,β-unsaturated/α-hetero) is 1. The van der Waals surface area contributed by atoms with Crippen molar-refractivity contribution in [2.75, 3.05) is 0 Å². The van der Waals surface area contributed by atoms with Crippen molar-refractivity contribution in [1.82, 2.24) is 0 Å². The third-order valence-electron chi connectivity index (χ3n) is 2.47. The maximum absolute atomic E-state index is 11.7. The van der Waals surface area contributed by atoms with E-state index in [1.807, 2.05) is 30.3 Å². The Kier molecular flexibility index (Phi) is 4.50. The van der Waals surface area contributed by atoms with E-state index in [9.17, 15) is 4.79 Å². The Morgan fingerprint density at radius 2 is 1.87 bits per heavy atom. The lowest BCUT2D eigenvalue weighted by molar-refractivity contribution is -0.120. The van der Waals surface area contributed by atoms with Crippen molar-refractivity contribution in [2.24, 2.45) is 11.7 Å². The predicted octanol–water partition coefficient (Wildman–Crippen LogP) is 2.69. The highest BCUT2D eigenvalue weighted by Gasteiger charge is 2.15. The predicted molar refractivity (Wildman–Crippen MR) is 62.4 cm³/mol. The van der Waals surface area contributed by atoms with Crippen LogP contribution >= 0.6 is 0 Å². The summed E-state index contributed by atoms with van der Waals surface area (Å²) in [4.78, 5) is 11.7. The largest absolute Gasteiger partial charge is 0.318 e.